The SMILES string of the molecule is CC1(CCC(=O)N[C@H]2[C@H]([C@H](O)[C@H](O)CN=[N+]=[N-])O[C@@](O)(C(=O)O)C[C@@H]2O)N=N1. The fourth-order valence-corrected chi connectivity index (χ4v) is 2.81. The van der Waals surface area contributed by atoms with Gasteiger partial charge in [0.1, 0.15) is 12.2 Å². The number of aliphatic hydroxyl groups excluding tert-OH is 3. The maximum Gasteiger partial charge on any atom is 0.364 e. The van der Waals surface area contributed by atoms with Crippen LogP contribution in [0.3, 0.4) is 0 Å². The zero-order valence-corrected chi connectivity index (χ0v) is 14.9. The zero-order valence-electron chi connectivity index (χ0n) is 14.9. The third-order valence-electron chi connectivity index (χ3n) is 4.58. The van der Waals surface area contributed by atoms with E-state index in [4.69, 9.17) is 15.4 Å². The minimum atomic E-state index is -2.84. The molecule has 2 aliphatic rings. The molecule has 0 aromatic carbocycles. The van der Waals surface area contributed by atoms with Crippen LogP contribution >= 0.6 is 0 Å². The van der Waals surface area contributed by atoms with E-state index in [1.54, 1.807) is 6.92 Å². The summed E-state index contributed by atoms with van der Waals surface area (Å²) in [5.41, 5.74) is 7.68. The molecule has 0 bridgehead atoms. The van der Waals surface area contributed by atoms with Crippen LogP contribution in [0.4, 0.5) is 0 Å². The van der Waals surface area contributed by atoms with E-state index in [2.05, 4.69) is 25.6 Å². The van der Waals surface area contributed by atoms with Gasteiger partial charge in [-0.1, -0.05) is 5.11 Å². The number of carbonyl (C=O) groups excluding carboxylic acids is 1. The molecule has 14 nitrogen and oxygen atoms in total. The van der Waals surface area contributed by atoms with E-state index in [1.807, 2.05) is 0 Å². The van der Waals surface area contributed by atoms with Crippen LogP contribution in [-0.4, -0.2) is 85.9 Å². The van der Waals surface area contributed by atoms with E-state index in [0.717, 1.165) is 0 Å². The highest BCUT2D eigenvalue weighted by atomic mass is 16.7. The van der Waals surface area contributed by atoms with Crippen molar-refractivity contribution in [3.05, 3.63) is 10.4 Å². The van der Waals surface area contributed by atoms with Gasteiger partial charge in [-0.05, 0) is 12.5 Å². The first-order chi connectivity index (χ1) is 13.0. The second kappa shape index (κ2) is 8.34. The first-order valence-electron chi connectivity index (χ1n) is 8.43. The van der Waals surface area contributed by atoms with Gasteiger partial charge in [-0.3, -0.25) is 4.79 Å². The second-order valence-corrected chi connectivity index (χ2v) is 6.93. The number of amides is 1. The lowest BCUT2D eigenvalue weighted by Crippen LogP contribution is -2.67. The summed E-state index contributed by atoms with van der Waals surface area (Å²) in [5.74, 6) is -5.22. The molecule has 2 heterocycles. The Hall–Kier alpha value is -2.35. The van der Waals surface area contributed by atoms with Crippen LogP contribution in [0, 0.1) is 0 Å². The number of carboxylic acids is 1. The number of ether oxygens (including phenoxy) is 1. The number of rotatable bonds is 9. The van der Waals surface area contributed by atoms with E-state index in [1.165, 1.54) is 0 Å². The molecule has 0 radical (unpaired) electrons. The molecule has 0 unspecified atom stereocenters. The van der Waals surface area contributed by atoms with Crippen molar-refractivity contribution in [2.45, 2.75) is 68.1 Å². The lowest BCUT2D eigenvalue weighted by molar-refractivity contribution is -0.294. The van der Waals surface area contributed by atoms with E-state index in [-0.39, 0.29) is 6.42 Å². The molecular formula is C14H22N6O8. The van der Waals surface area contributed by atoms with Gasteiger partial charge in [-0.2, -0.15) is 10.2 Å². The van der Waals surface area contributed by atoms with Crippen molar-refractivity contribution in [3.63, 3.8) is 0 Å². The minimum Gasteiger partial charge on any atom is -0.477 e. The van der Waals surface area contributed by atoms with Gasteiger partial charge < -0.3 is 35.6 Å². The number of carbonyl (C=O) groups is 2. The quantitative estimate of drug-likeness (QED) is 0.149. The van der Waals surface area contributed by atoms with E-state index < -0.39 is 66.7 Å². The number of nitrogens with one attached hydrogen (secondary N) is 1. The van der Waals surface area contributed by atoms with Crippen LogP contribution in [0.1, 0.15) is 26.2 Å². The molecule has 1 fully saturated rings. The normalized spacial score (nSPS) is 32.7. The number of hydrogen-bond acceptors (Lipinski definition) is 10. The first-order valence-corrected chi connectivity index (χ1v) is 8.43. The molecule has 2 rings (SSSR count). The largest absolute Gasteiger partial charge is 0.477 e. The summed E-state index contributed by atoms with van der Waals surface area (Å²) < 4.78 is 5.04. The predicted octanol–water partition coefficient (Wildman–Crippen LogP) is -1.61. The van der Waals surface area contributed by atoms with Gasteiger partial charge in [0.25, 0.3) is 5.79 Å². The molecular weight excluding hydrogens is 380 g/mol. The third kappa shape index (κ3) is 5.13. The fraction of sp³-hybridized carbons (Fsp3) is 0.857. The molecule has 2 aliphatic heterocycles. The molecule has 28 heavy (non-hydrogen) atoms. The van der Waals surface area contributed by atoms with Gasteiger partial charge in [0.2, 0.25) is 5.91 Å². The van der Waals surface area contributed by atoms with Crippen LogP contribution in [0.5, 0.6) is 0 Å². The summed E-state index contributed by atoms with van der Waals surface area (Å²) in [5, 5.41) is 62.8. The maximum atomic E-state index is 12.2. The van der Waals surface area contributed by atoms with Crippen LogP contribution in [0.25, 0.3) is 10.4 Å². The first kappa shape index (κ1) is 21.9. The highest BCUT2D eigenvalue weighted by Crippen LogP contribution is 2.33. The highest BCUT2D eigenvalue weighted by Gasteiger charge is 2.54. The molecule has 0 aromatic heterocycles. The Balaban J connectivity index is 2.14. The third-order valence-corrected chi connectivity index (χ3v) is 4.58. The Morgan fingerprint density at radius 2 is 2.07 bits per heavy atom. The number of carboxylic acid groups (broad SMARTS) is 1. The molecule has 0 saturated carbocycles. The predicted molar refractivity (Wildman–Crippen MR) is 88.5 cm³/mol. The average Bonchev–Trinajstić information content (AvgIpc) is 3.37. The number of nitrogens with zero attached hydrogens (tertiary/aromatic N) is 5. The number of aliphatic hydroxyl groups is 4. The van der Waals surface area contributed by atoms with Gasteiger partial charge in [0.05, 0.1) is 24.8 Å². The summed E-state index contributed by atoms with van der Waals surface area (Å²) in [7, 11) is 0. The van der Waals surface area contributed by atoms with Gasteiger partial charge in [-0.15, -0.1) is 0 Å². The van der Waals surface area contributed by atoms with E-state index in [0.29, 0.717) is 6.42 Å². The van der Waals surface area contributed by atoms with Gasteiger partial charge in [0.15, 0.2) is 5.66 Å². The smallest absolute Gasteiger partial charge is 0.364 e. The number of azide groups is 1. The summed E-state index contributed by atoms with van der Waals surface area (Å²) in [6, 6.07) is -1.34. The highest BCUT2D eigenvalue weighted by molar-refractivity contribution is 5.77. The summed E-state index contributed by atoms with van der Waals surface area (Å²) in [4.78, 5) is 25.9. The summed E-state index contributed by atoms with van der Waals surface area (Å²) >= 11 is 0. The van der Waals surface area contributed by atoms with E-state index >= 15 is 0 Å². The Kier molecular flexibility index (Phi) is 6.54. The van der Waals surface area contributed by atoms with Crippen molar-refractivity contribution in [1.29, 1.82) is 0 Å². The Labute approximate surface area is 158 Å². The van der Waals surface area contributed by atoms with Crippen molar-refractivity contribution in [3.8, 4) is 0 Å². The Bertz CT molecular complexity index is 691. The Morgan fingerprint density at radius 3 is 2.61 bits per heavy atom. The molecule has 0 aromatic rings. The average molecular weight is 402 g/mol. The maximum absolute atomic E-state index is 12.2. The molecule has 1 saturated heterocycles. The van der Waals surface area contributed by atoms with Gasteiger partial charge in [0, 0.05) is 24.2 Å². The lowest BCUT2D eigenvalue weighted by Gasteiger charge is -2.44. The number of hydrogen-bond donors (Lipinski definition) is 6. The lowest BCUT2D eigenvalue weighted by atomic mass is 9.88. The van der Waals surface area contributed by atoms with Crippen molar-refractivity contribution in [2.24, 2.45) is 15.3 Å². The molecule has 0 aliphatic carbocycles. The second-order valence-electron chi connectivity index (χ2n) is 6.93. The topological polar surface area (TPSA) is 230 Å². The van der Waals surface area contributed by atoms with Gasteiger partial charge >= 0.3 is 5.97 Å². The van der Waals surface area contributed by atoms with E-state index in [9.17, 15) is 30.0 Å². The summed E-state index contributed by atoms with van der Waals surface area (Å²) in [6.07, 6.45) is -7.42. The molecule has 0 spiro atoms. The molecule has 1 amide bonds. The van der Waals surface area contributed by atoms with Crippen molar-refractivity contribution < 1.29 is 39.9 Å². The fourth-order valence-electron chi connectivity index (χ4n) is 2.81. The van der Waals surface area contributed by atoms with Crippen LogP contribution < -0.4 is 5.32 Å². The number of aliphatic carboxylic acids is 1. The van der Waals surface area contributed by atoms with Crippen LogP contribution in [-0.2, 0) is 14.3 Å². The van der Waals surface area contributed by atoms with Crippen molar-refractivity contribution >= 4 is 11.9 Å². The van der Waals surface area contributed by atoms with Crippen LogP contribution in [0.2, 0.25) is 0 Å². The monoisotopic (exact) mass is 402 g/mol. The standard InChI is InChI=1S/C14H22N6O8/c1-13(18-19-13)3-2-8(23)17-9-6(21)4-14(27,12(25)26)28-11(9)10(24)7(22)5-16-20-15/h6-7,9-11,21-22,24,27H,2-5H2,1H3,(H,17,23)(H,25,26)/t6-,7+,9+,10+,11+,14+/m0/s1. The molecule has 6 N–H and O–H groups in total. The Morgan fingerprint density at radius 1 is 1.43 bits per heavy atom. The van der Waals surface area contributed by atoms with Crippen molar-refractivity contribution in [2.75, 3.05) is 6.54 Å². The van der Waals surface area contributed by atoms with Gasteiger partial charge in [-0.25, -0.2) is 4.79 Å². The van der Waals surface area contributed by atoms with Crippen LogP contribution in [0.15, 0.2) is 15.3 Å². The molecule has 156 valence electrons. The minimum absolute atomic E-state index is 0.0278. The zero-order chi connectivity index (χ0) is 21.1. The van der Waals surface area contributed by atoms with Crippen molar-refractivity contribution in [1.82, 2.24) is 5.32 Å². The molecule has 14 heteroatoms. The molecule has 6 atom stereocenters. The summed E-state index contributed by atoms with van der Waals surface area (Å²) in [6.45, 7) is 1.13.